The summed E-state index contributed by atoms with van der Waals surface area (Å²) in [5.74, 6) is -0.160. The summed E-state index contributed by atoms with van der Waals surface area (Å²) in [6, 6.07) is 0. The third-order valence-electron chi connectivity index (χ3n) is 6.36. The van der Waals surface area contributed by atoms with Gasteiger partial charge in [0.15, 0.2) is 0 Å². The van der Waals surface area contributed by atoms with E-state index in [4.69, 9.17) is 20.9 Å². The number of nitrogens with two attached hydrogens (primary N) is 2. The molecule has 2 aliphatic carbocycles. The quantitative estimate of drug-likeness (QED) is 0.462. The molecule has 2 aliphatic rings. The molecular formula is C20H38Cl2N2O4. The largest absolute Gasteiger partial charge is 0.425 e. The van der Waals surface area contributed by atoms with E-state index in [1.54, 1.807) is 0 Å². The maximum absolute atomic E-state index is 12.4. The Bertz CT molecular complexity index is 477. The van der Waals surface area contributed by atoms with Gasteiger partial charge in [-0.3, -0.25) is 9.59 Å². The molecule has 2 rings (SSSR count). The molecule has 2 saturated carbocycles. The van der Waals surface area contributed by atoms with E-state index in [2.05, 4.69) is 6.92 Å². The smallest absolute Gasteiger partial charge is 0.312 e. The molecule has 0 bridgehead atoms. The van der Waals surface area contributed by atoms with Crippen LogP contribution in [0.25, 0.3) is 0 Å². The van der Waals surface area contributed by atoms with Crippen LogP contribution in [0.3, 0.4) is 0 Å². The van der Waals surface area contributed by atoms with Crippen LogP contribution >= 0.6 is 24.8 Å². The van der Waals surface area contributed by atoms with Gasteiger partial charge in [-0.1, -0.05) is 13.8 Å². The van der Waals surface area contributed by atoms with Crippen LogP contribution in [0.5, 0.6) is 0 Å². The second-order valence-corrected chi connectivity index (χ2v) is 8.45. The lowest BCUT2D eigenvalue weighted by Gasteiger charge is -2.35. The van der Waals surface area contributed by atoms with Gasteiger partial charge in [-0.25, -0.2) is 0 Å². The average Bonchev–Trinajstić information content (AvgIpc) is 2.67. The highest BCUT2D eigenvalue weighted by molar-refractivity contribution is 5.85. The summed E-state index contributed by atoms with van der Waals surface area (Å²) in [5.41, 5.74) is 11.7. The number of carbonyl (C=O) groups excluding carboxylic acids is 2. The molecule has 0 aromatic carbocycles. The fourth-order valence-corrected chi connectivity index (χ4v) is 4.03. The molecule has 1 unspecified atom stereocenters. The number of ether oxygens (including phenoxy) is 2. The molecule has 0 aliphatic heterocycles. The number of hydrogen-bond acceptors (Lipinski definition) is 6. The minimum atomic E-state index is -0.773. The Labute approximate surface area is 181 Å². The SMILES string of the molecule is CCC(OC(=O)C1CCC(CN)CC1)OC(=O)C1CCC(C)(CN)CC1.Cl.Cl. The van der Waals surface area contributed by atoms with E-state index in [0.717, 1.165) is 51.4 Å². The summed E-state index contributed by atoms with van der Waals surface area (Å²) >= 11 is 0. The zero-order chi connectivity index (χ0) is 19.2. The summed E-state index contributed by atoms with van der Waals surface area (Å²) in [6.45, 7) is 5.37. The van der Waals surface area contributed by atoms with Gasteiger partial charge in [0.05, 0.1) is 11.8 Å². The van der Waals surface area contributed by atoms with E-state index in [0.29, 0.717) is 25.4 Å². The highest BCUT2D eigenvalue weighted by Gasteiger charge is 2.35. The molecule has 28 heavy (non-hydrogen) atoms. The summed E-state index contributed by atoms with van der Waals surface area (Å²) in [6.07, 6.45) is 6.71. The first kappa shape index (κ1) is 27.4. The van der Waals surface area contributed by atoms with Gasteiger partial charge in [0, 0.05) is 6.42 Å². The van der Waals surface area contributed by atoms with E-state index in [9.17, 15) is 9.59 Å². The first-order valence-corrected chi connectivity index (χ1v) is 10.2. The summed E-state index contributed by atoms with van der Waals surface area (Å²) in [5, 5.41) is 0. The van der Waals surface area contributed by atoms with Crippen molar-refractivity contribution in [3.63, 3.8) is 0 Å². The van der Waals surface area contributed by atoms with Crippen LogP contribution in [0.4, 0.5) is 0 Å². The number of carbonyl (C=O) groups is 2. The van der Waals surface area contributed by atoms with E-state index in [1.807, 2.05) is 6.92 Å². The Kier molecular flexibility index (Phi) is 12.6. The fourth-order valence-electron chi connectivity index (χ4n) is 4.03. The van der Waals surface area contributed by atoms with Gasteiger partial charge < -0.3 is 20.9 Å². The van der Waals surface area contributed by atoms with Crippen LogP contribution in [0.15, 0.2) is 0 Å². The van der Waals surface area contributed by atoms with Crippen molar-refractivity contribution in [2.45, 2.75) is 77.9 Å². The number of esters is 2. The van der Waals surface area contributed by atoms with Crippen LogP contribution in [0.1, 0.15) is 71.6 Å². The molecule has 0 spiro atoms. The molecule has 6 nitrogen and oxygen atoms in total. The zero-order valence-electron chi connectivity index (χ0n) is 17.2. The average molecular weight is 441 g/mol. The molecule has 1 atom stereocenters. The normalized spacial score (nSPS) is 30.9. The predicted molar refractivity (Wildman–Crippen MR) is 114 cm³/mol. The summed E-state index contributed by atoms with van der Waals surface area (Å²) < 4.78 is 11.0. The van der Waals surface area contributed by atoms with Crippen molar-refractivity contribution >= 4 is 36.8 Å². The van der Waals surface area contributed by atoms with Gasteiger partial charge in [0.25, 0.3) is 0 Å². The predicted octanol–water partition coefficient (Wildman–Crippen LogP) is 3.57. The number of rotatable bonds is 7. The molecule has 4 N–H and O–H groups in total. The molecule has 0 aromatic heterocycles. The van der Waals surface area contributed by atoms with Crippen molar-refractivity contribution in [1.82, 2.24) is 0 Å². The highest BCUT2D eigenvalue weighted by atomic mass is 35.5. The van der Waals surface area contributed by atoms with Crippen molar-refractivity contribution < 1.29 is 19.1 Å². The topological polar surface area (TPSA) is 105 Å². The van der Waals surface area contributed by atoms with E-state index < -0.39 is 6.29 Å². The molecule has 166 valence electrons. The minimum absolute atomic E-state index is 0. The van der Waals surface area contributed by atoms with E-state index in [1.165, 1.54) is 0 Å². The number of halogens is 2. The molecule has 0 aromatic rings. The monoisotopic (exact) mass is 440 g/mol. The number of hydrogen-bond donors (Lipinski definition) is 2. The second-order valence-electron chi connectivity index (χ2n) is 8.45. The van der Waals surface area contributed by atoms with Gasteiger partial charge in [-0.05, 0) is 75.8 Å². The van der Waals surface area contributed by atoms with Crippen molar-refractivity contribution in [1.29, 1.82) is 0 Å². The van der Waals surface area contributed by atoms with Crippen LogP contribution in [0, 0.1) is 23.2 Å². The van der Waals surface area contributed by atoms with E-state index >= 15 is 0 Å². The van der Waals surface area contributed by atoms with Gasteiger partial charge in [-0.2, -0.15) is 0 Å². The highest BCUT2D eigenvalue weighted by Crippen LogP contribution is 2.38. The molecular weight excluding hydrogens is 403 g/mol. The van der Waals surface area contributed by atoms with Gasteiger partial charge in [-0.15, -0.1) is 24.8 Å². The zero-order valence-corrected chi connectivity index (χ0v) is 18.8. The Hall–Kier alpha value is -0.560. The Balaban J connectivity index is 0.00000364. The van der Waals surface area contributed by atoms with Crippen molar-refractivity contribution in [2.75, 3.05) is 13.1 Å². The fraction of sp³-hybridized carbons (Fsp3) is 0.900. The maximum atomic E-state index is 12.4. The van der Waals surface area contributed by atoms with Crippen LogP contribution < -0.4 is 11.5 Å². The summed E-state index contributed by atoms with van der Waals surface area (Å²) in [4.78, 5) is 24.8. The van der Waals surface area contributed by atoms with Gasteiger partial charge in [0.1, 0.15) is 0 Å². The first-order chi connectivity index (χ1) is 12.4. The lowest BCUT2D eigenvalue weighted by Crippen LogP contribution is -2.36. The molecule has 2 fully saturated rings. The maximum Gasteiger partial charge on any atom is 0.312 e. The third-order valence-corrected chi connectivity index (χ3v) is 6.36. The Morgan fingerprint density at radius 1 is 0.929 bits per heavy atom. The Morgan fingerprint density at radius 3 is 1.79 bits per heavy atom. The van der Waals surface area contributed by atoms with Crippen LogP contribution in [-0.4, -0.2) is 31.3 Å². The van der Waals surface area contributed by atoms with E-state index in [-0.39, 0.29) is 54.0 Å². The Morgan fingerprint density at radius 2 is 1.39 bits per heavy atom. The summed E-state index contributed by atoms with van der Waals surface area (Å²) in [7, 11) is 0. The molecule has 0 amide bonds. The lowest BCUT2D eigenvalue weighted by molar-refractivity contribution is -0.195. The molecule has 0 heterocycles. The van der Waals surface area contributed by atoms with Gasteiger partial charge >= 0.3 is 11.9 Å². The van der Waals surface area contributed by atoms with Crippen molar-refractivity contribution in [3.8, 4) is 0 Å². The molecule has 0 saturated heterocycles. The van der Waals surface area contributed by atoms with Crippen molar-refractivity contribution in [3.05, 3.63) is 0 Å². The van der Waals surface area contributed by atoms with Crippen LogP contribution in [0.2, 0.25) is 0 Å². The standard InChI is InChI=1S/C20H36N2O4.2ClH/c1-3-17(25-18(23)15-6-4-14(12-21)5-7-15)26-19(24)16-8-10-20(2,13-22)11-9-16;;/h14-17H,3-13,21-22H2,1-2H3;2*1H. The lowest BCUT2D eigenvalue weighted by atomic mass is 9.72. The second kappa shape index (κ2) is 12.9. The minimum Gasteiger partial charge on any atom is -0.425 e. The molecule has 0 radical (unpaired) electrons. The van der Waals surface area contributed by atoms with Gasteiger partial charge in [0.2, 0.25) is 6.29 Å². The molecule has 8 heteroatoms. The third kappa shape index (κ3) is 7.69. The van der Waals surface area contributed by atoms with Crippen molar-refractivity contribution in [2.24, 2.45) is 34.6 Å². The van der Waals surface area contributed by atoms with Crippen LogP contribution in [-0.2, 0) is 19.1 Å². The first-order valence-electron chi connectivity index (χ1n) is 10.2.